The van der Waals surface area contributed by atoms with Gasteiger partial charge in [-0.1, -0.05) is 36.4 Å². The van der Waals surface area contributed by atoms with Crippen molar-refractivity contribution >= 4 is 27.8 Å². The Balaban J connectivity index is 1.89. The van der Waals surface area contributed by atoms with Crippen LogP contribution in [-0.2, 0) is 14.3 Å². The van der Waals surface area contributed by atoms with E-state index in [1.165, 1.54) is 0 Å². The molecular weight excluding hydrogens is 374 g/mol. The predicted molar refractivity (Wildman–Crippen MR) is 94.7 cm³/mol. The van der Waals surface area contributed by atoms with Crippen molar-refractivity contribution < 1.29 is 19.1 Å². The van der Waals surface area contributed by atoms with Crippen molar-refractivity contribution in [3.8, 4) is 16.9 Å². The molecule has 1 N–H and O–H groups in total. The average molecular weight is 392 g/mol. The fourth-order valence-corrected chi connectivity index (χ4v) is 2.50. The number of hydrogen-bond acceptors (Lipinski definition) is 4. The summed E-state index contributed by atoms with van der Waals surface area (Å²) in [5.74, 6) is -0.303. The van der Waals surface area contributed by atoms with Crippen LogP contribution >= 0.6 is 15.9 Å². The van der Waals surface area contributed by atoms with Crippen LogP contribution < -0.4 is 10.1 Å². The van der Waals surface area contributed by atoms with Gasteiger partial charge in [-0.15, -0.1) is 0 Å². The molecule has 2 rings (SSSR count). The van der Waals surface area contributed by atoms with Gasteiger partial charge in [-0.25, -0.2) is 0 Å². The first-order valence-corrected chi connectivity index (χ1v) is 8.29. The molecule has 0 aromatic heterocycles. The van der Waals surface area contributed by atoms with Gasteiger partial charge in [0, 0.05) is 0 Å². The molecule has 5 nitrogen and oxygen atoms in total. The number of rotatable bonds is 7. The summed E-state index contributed by atoms with van der Waals surface area (Å²) in [5.41, 5.74) is 2.14. The molecule has 6 heteroatoms. The van der Waals surface area contributed by atoms with Crippen molar-refractivity contribution in [3.05, 3.63) is 53.0 Å². The molecule has 0 spiro atoms. The number of hydrogen-bond donors (Lipinski definition) is 1. The molecule has 2 aromatic carbocycles. The lowest BCUT2D eigenvalue weighted by molar-refractivity contribution is -0.143. The van der Waals surface area contributed by atoms with Crippen molar-refractivity contribution in [2.75, 3.05) is 19.8 Å². The van der Waals surface area contributed by atoms with Gasteiger partial charge in [0.05, 0.1) is 11.1 Å². The van der Waals surface area contributed by atoms with Crippen LogP contribution in [0.1, 0.15) is 6.92 Å². The van der Waals surface area contributed by atoms with E-state index in [9.17, 15) is 9.59 Å². The monoisotopic (exact) mass is 391 g/mol. The van der Waals surface area contributed by atoms with Crippen LogP contribution in [0.4, 0.5) is 0 Å². The Morgan fingerprint density at radius 1 is 1.08 bits per heavy atom. The summed E-state index contributed by atoms with van der Waals surface area (Å²) in [6.45, 7) is 1.65. The molecular formula is C18H18BrNO4. The third-order valence-electron chi connectivity index (χ3n) is 3.13. The summed E-state index contributed by atoms with van der Waals surface area (Å²) in [5, 5.41) is 2.44. The van der Waals surface area contributed by atoms with Gasteiger partial charge in [0.25, 0.3) is 5.91 Å². The summed E-state index contributed by atoms with van der Waals surface area (Å²) < 4.78 is 10.9. The fraction of sp³-hybridized carbons (Fsp3) is 0.222. The van der Waals surface area contributed by atoms with E-state index in [1.54, 1.807) is 13.0 Å². The van der Waals surface area contributed by atoms with Crippen molar-refractivity contribution in [2.24, 2.45) is 0 Å². The van der Waals surface area contributed by atoms with Gasteiger partial charge in [-0.05, 0) is 46.1 Å². The summed E-state index contributed by atoms with van der Waals surface area (Å²) in [4.78, 5) is 22.8. The van der Waals surface area contributed by atoms with Crippen molar-refractivity contribution in [1.82, 2.24) is 5.32 Å². The third-order valence-corrected chi connectivity index (χ3v) is 3.75. The molecule has 0 aliphatic carbocycles. The number of carbonyl (C=O) groups excluding carboxylic acids is 2. The molecule has 0 bridgehead atoms. The zero-order valence-corrected chi connectivity index (χ0v) is 14.8. The van der Waals surface area contributed by atoms with Crippen molar-refractivity contribution in [1.29, 1.82) is 0 Å². The molecule has 0 radical (unpaired) electrons. The Morgan fingerprint density at radius 2 is 1.83 bits per heavy atom. The van der Waals surface area contributed by atoms with Gasteiger partial charge in [0.15, 0.2) is 6.61 Å². The number of ether oxygens (including phenoxy) is 2. The number of carbonyl (C=O) groups is 2. The van der Waals surface area contributed by atoms with Gasteiger partial charge in [0.2, 0.25) is 0 Å². The molecule has 0 aliphatic rings. The van der Waals surface area contributed by atoms with Gasteiger partial charge in [-0.3, -0.25) is 9.59 Å². The SMILES string of the molecule is CCOC(=O)CNC(=O)COc1ccc(-c2ccccc2)cc1Br. The smallest absolute Gasteiger partial charge is 0.325 e. The molecule has 126 valence electrons. The average Bonchev–Trinajstić information content (AvgIpc) is 2.60. The molecule has 0 saturated carbocycles. The summed E-state index contributed by atoms with van der Waals surface area (Å²) in [6.07, 6.45) is 0. The second kappa shape index (κ2) is 9.08. The highest BCUT2D eigenvalue weighted by Crippen LogP contribution is 2.30. The van der Waals surface area contributed by atoms with E-state index in [4.69, 9.17) is 9.47 Å². The molecule has 0 unspecified atom stereocenters. The van der Waals surface area contributed by atoms with E-state index < -0.39 is 5.97 Å². The normalized spacial score (nSPS) is 10.1. The maximum atomic E-state index is 11.7. The molecule has 24 heavy (non-hydrogen) atoms. The Morgan fingerprint density at radius 3 is 2.50 bits per heavy atom. The second-order valence-corrected chi connectivity index (χ2v) is 5.74. The fourth-order valence-electron chi connectivity index (χ4n) is 2.01. The Labute approximate surface area is 149 Å². The number of nitrogens with one attached hydrogen (secondary N) is 1. The topological polar surface area (TPSA) is 64.6 Å². The van der Waals surface area contributed by atoms with Crippen LogP contribution in [0.2, 0.25) is 0 Å². The van der Waals surface area contributed by atoms with Crippen LogP contribution in [0.25, 0.3) is 11.1 Å². The maximum absolute atomic E-state index is 11.7. The lowest BCUT2D eigenvalue weighted by atomic mass is 10.1. The number of amides is 1. The standard InChI is InChI=1S/C18H18BrNO4/c1-2-23-18(22)11-20-17(21)12-24-16-9-8-14(10-15(16)19)13-6-4-3-5-7-13/h3-10H,2,11-12H2,1H3,(H,20,21). The van der Waals surface area contributed by atoms with Crippen molar-refractivity contribution in [3.63, 3.8) is 0 Å². The van der Waals surface area contributed by atoms with Crippen LogP contribution in [0.3, 0.4) is 0 Å². The second-order valence-electron chi connectivity index (χ2n) is 4.88. The molecule has 2 aromatic rings. The number of benzene rings is 2. The van der Waals surface area contributed by atoms with Crippen LogP contribution in [-0.4, -0.2) is 31.6 Å². The lowest BCUT2D eigenvalue weighted by Crippen LogP contribution is -2.34. The third kappa shape index (κ3) is 5.38. The first-order chi connectivity index (χ1) is 11.6. The summed E-state index contributed by atoms with van der Waals surface area (Å²) in [7, 11) is 0. The molecule has 0 aliphatic heterocycles. The highest BCUT2D eigenvalue weighted by atomic mass is 79.9. The maximum Gasteiger partial charge on any atom is 0.325 e. The van der Waals surface area contributed by atoms with Crippen LogP contribution in [0, 0.1) is 0 Å². The first kappa shape index (κ1) is 18.0. The van der Waals surface area contributed by atoms with E-state index in [0.29, 0.717) is 5.75 Å². The van der Waals surface area contributed by atoms with E-state index in [-0.39, 0.29) is 25.7 Å². The van der Waals surface area contributed by atoms with Gasteiger partial charge in [-0.2, -0.15) is 0 Å². The van der Waals surface area contributed by atoms with Crippen molar-refractivity contribution in [2.45, 2.75) is 6.92 Å². The van der Waals surface area contributed by atoms with Crippen LogP contribution in [0.5, 0.6) is 5.75 Å². The number of esters is 1. The Hall–Kier alpha value is -2.34. The number of halogens is 1. The highest BCUT2D eigenvalue weighted by Gasteiger charge is 2.09. The molecule has 0 atom stereocenters. The minimum atomic E-state index is -0.473. The van der Waals surface area contributed by atoms with Gasteiger partial charge < -0.3 is 14.8 Å². The molecule has 0 fully saturated rings. The highest BCUT2D eigenvalue weighted by molar-refractivity contribution is 9.10. The van der Waals surface area contributed by atoms with E-state index in [1.807, 2.05) is 42.5 Å². The zero-order valence-electron chi connectivity index (χ0n) is 13.3. The molecule has 1 amide bonds. The summed E-state index contributed by atoms with van der Waals surface area (Å²) in [6, 6.07) is 15.6. The van der Waals surface area contributed by atoms with Crippen LogP contribution in [0.15, 0.2) is 53.0 Å². The molecule has 0 heterocycles. The Kier molecular flexibility index (Phi) is 6.81. The zero-order chi connectivity index (χ0) is 17.4. The predicted octanol–water partition coefficient (Wildman–Crippen LogP) is 3.17. The van der Waals surface area contributed by atoms with E-state index in [0.717, 1.165) is 15.6 Å². The lowest BCUT2D eigenvalue weighted by Gasteiger charge is -2.10. The first-order valence-electron chi connectivity index (χ1n) is 7.50. The molecule has 0 saturated heterocycles. The van der Waals surface area contributed by atoms with E-state index >= 15 is 0 Å². The quantitative estimate of drug-likeness (QED) is 0.736. The Bertz CT molecular complexity index is 703. The largest absolute Gasteiger partial charge is 0.483 e. The van der Waals surface area contributed by atoms with Gasteiger partial charge >= 0.3 is 5.97 Å². The minimum Gasteiger partial charge on any atom is -0.483 e. The minimum absolute atomic E-state index is 0.163. The summed E-state index contributed by atoms with van der Waals surface area (Å²) >= 11 is 3.45. The van der Waals surface area contributed by atoms with E-state index in [2.05, 4.69) is 21.2 Å². The van der Waals surface area contributed by atoms with Gasteiger partial charge in [0.1, 0.15) is 12.3 Å².